The largest absolute Gasteiger partial charge is 0.493 e. The number of H-pyrrole nitrogens is 1. The number of amides is 1. The first kappa shape index (κ1) is 22.5. The van der Waals surface area contributed by atoms with E-state index in [1.807, 2.05) is 0 Å². The molecule has 172 valence electrons. The third-order valence-electron chi connectivity index (χ3n) is 5.43. The predicted octanol–water partition coefficient (Wildman–Crippen LogP) is 3.99. The normalized spacial score (nSPS) is 15.8. The summed E-state index contributed by atoms with van der Waals surface area (Å²) in [4.78, 5) is 16.0. The number of carbonyl (C=O) groups is 1. The number of aliphatic imine (C=N–C) groups is 1. The Labute approximate surface area is 186 Å². The minimum Gasteiger partial charge on any atom is -0.493 e. The Hall–Kier alpha value is -3.66. The Kier molecular flexibility index (Phi) is 6.19. The van der Waals surface area contributed by atoms with Gasteiger partial charge < -0.3 is 14.6 Å². The predicted molar refractivity (Wildman–Crippen MR) is 112 cm³/mol. The molecule has 10 heteroatoms. The number of hydrogen-bond acceptors (Lipinski definition) is 5. The molecular formula is C23H20F3N3O4. The van der Waals surface area contributed by atoms with Crippen molar-refractivity contribution in [2.24, 2.45) is 4.99 Å². The number of aromatic nitrogens is 2. The second-order valence-corrected chi connectivity index (χ2v) is 7.49. The van der Waals surface area contributed by atoms with Gasteiger partial charge in [0, 0.05) is 23.5 Å². The third-order valence-corrected chi connectivity index (χ3v) is 5.43. The molecule has 0 fully saturated rings. The first-order valence-corrected chi connectivity index (χ1v) is 10.0. The van der Waals surface area contributed by atoms with Crippen molar-refractivity contribution in [1.82, 2.24) is 10.2 Å². The molecule has 0 saturated heterocycles. The van der Waals surface area contributed by atoms with E-state index in [9.17, 15) is 18.0 Å². The van der Waals surface area contributed by atoms with E-state index in [4.69, 9.17) is 14.6 Å². The van der Waals surface area contributed by atoms with Gasteiger partial charge in [0.1, 0.15) is 6.61 Å². The molecule has 0 saturated carbocycles. The number of carbonyl (C=O) groups excluding carboxylic acids is 1. The molecule has 0 bridgehead atoms. The zero-order valence-electron chi connectivity index (χ0n) is 17.5. The summed E-state index contributed by atoms with van der Waals surface area (Å²) in [5, 5.41) is 16.0. The number of ether oxygens (including phenoxy) is 2. The van der Waals surface area contributed by atoms with Crippen molar-refractivity contribution in [1.29, 1.82) is 0 Å². The second kappa shape index (κ2) is 9.07. The van der Waals surface area contributed by atoms with Crippen molar-refractivity contribution in [3.63, 3.8) is 0 Å². The monoisotopic (exact) mass is 459 g/mol. The molecule has 1 aromatic heterocycles. The smallest absolute Gasteiger partial charge is 0.416 e. The summed E-state index contributed by atoms with van der Waals surface area (Å²) in [7, 11) is 1.42. The Morgan fingerprint density at radius 2 is 2.00 bits per heavy atom. The fourth-order valence-corrected chi connectivity index (χ4v) is 3.75. The highest BCUT2D eigenvalue weighted by atomic mass is 19.4. The summed E-state index contributed by atoms with van der Waals surface area (Å²) in [6.45, 7) is -0.843. The van der Waals surface area contributed by atoms with E-state index in [0.29, 0.717) is 11.4 Å². The number of hydrogen-bond donors (Lipinski definition) is 2. The average molecular weight is 459 g/mol. The molecule has 7 nitrogen and oxygen atoms in total. The minimum atomic E-state index is -4.59. The van der Waals surface area contributed by atoms with Gasteiger partial charge in [0.25, 0.3) is 0 Å². The van der Waals surface area contributed by atoms with Gasteiger partial charge in [0.2, 0.25) is 5.91 Å². The number of nitrogens with zero attached hydrogens (tertiary/aromatic N) is 2. The quantitative estimate of drug-likeness (QED) is 0.581. The zero-order valence-corrected chi connectivity index (χ0v) is 17.5. The fraction of sp³-hybridized carbons (Fsp3) is 0.261. The molecule has 4 rings (SSSR count). The van der Waals surface area contributed by atoms with Gasteiger partial charge in [-0.15, -0.1) is 0 Å². The lowest BCUT2D eigenvalue weighted by molar-refractivity contribution is -0.138. The zero-order chi connectivity index (χ0) is 23.6. The number of aliphatic hydroxyl groups is 1. The molecule has 1 unspecified atom stereocenters. The van der Waals surface area contributed by atoms with Gasteiger partial charge in [-0.2, -0.15) is 18.3 Å². The number of aromatic amines is 1. The van der Waals surface area contributed by atoms with E-state index in [1.54, 1.807) is 24.4 Å². The molecule has 1 aliphatic rings. The Bertz CT molecular complexity index is 1200. The molecule has 2 heterocycles. The Morgan fingerprint density at radius 1 is 1.18 bits per heavy atom. The van der Waals surface area contributed by atoms with E-state index < -0.39 is 18.3 Å². The van der Waals surface area contributed by atoms with Crippen LogP contribution in [0.5, 0.6) is 11.5 Å². The van der Waals surface area contributed by atoms with Gasteiger partial charge in [0.15, 0.2) is 11.5 Å². The lowest BCUT2D eigenvalue weighted by Crippen LogP contribution is -2.12. The van der Waals surface area contributed by atoms with E-state index in [0.717, 1.165) is 17.2 Å². The van der Waals surface area contributed by atoms with E-state index in [-0.39, 0.29) is 41.7 Å². The molecule has 1 atom stereocenters. The van der Waals surface area contributed by atoms with Gasteiger partial charge in [-0.05, 0) is 29.3 Å². The van der Waals surface area contributed by atoms with Crippen molar-refractivity contribution in [3.05, 3.63) is 76.1 Å². The number of rotatable bonds is 6. The molecule has 33 heavy (non-hydrogen) atoms. The number of methoxy groups -OCH3 is 1. The summed E-state index contributed by atoms with van der Waals surface area (Å²) < 4.78 is 51.4. The minimum absolute atomic E-state index is 0.0691. The maximum atomic E-state index is 13.4. The highest BCUT2D eigenvalue weighted by molar-refractivity contribution is 5.94. The lowest BCUT2D eigenvalue weighted by atomic mass is 9.89. The molecule has 2 aromatic carbocycles. The van der Waals surface area contributed by atoms with Crippen LogP contribution < -0.4 is 9.47 Å². The van der Waals surface area contributed by atoms with Gasteiger partial charge in [0.05, 0.1) is 37.4 Å². The van der Waals surface area contributed by atoms with Crippen LogP contribution in [0.1, 0.15) is 45.8 Å². The molecular weight excluding hydrogens is 439 g/mol. The van der Waals surface area contributed by atoms with Gasteiger partial charge in [-0.25, -0.2) is 4.99 Å². The van der Waals surface area contributed by atoms with Crippen LogP contribution in [0, 0.1) is 0 Å². The molecule has 0 aliphatic carbocycles. The van der Waals surface area contributed by atoms with Gasteiger partial charge >= 0.3 is 6.18 Å². The van der Waals surface area contributed by atoms with E-state index >= 15 is 0 Å². The fourth-order valence-electron chi connectivity index (χ4n) is 3.75. The highest BCUT2D eigenvalue weighted by Crippen LogP contribution is 2.38. The van der Waals surface area contributed by atoms with Crippen LogP contribution in [-0.4, -0.2) is 34.5 Å². The SMILES string of the molecule is COc1cc(C2CC(=O)N=Cc3[nH]ncc32)ccc1OCc1ccc(CO)cc1C(F)(F)F. The first-order chi connectivity index (χ1) is 15.8. The van der Waals surface area contributed by atoms with Crippen LogP contribution in [0.3, 0.4) is 0 Å². The maximum Gasteiger partial charge on any atom is 0.416 e. The van der Waals surface area contributed by atoms with Crippen molar-refractivity contribution >= 4 is 12.1 Å². The standard InChI is InChI=1S/C23H20F3N3O4/c1-32-21-7-14(16-8-22(31)27-10-19-17(16)9-28-29-19)4-5-20(21)33-12-15-3-2-13(11-30)6-18(15)23(24,25)26/h2-7,9-10,16,30H,8,11-12H2,1H3,(H,28,29). The van der Waals surface area contributed by atoms with Crippen molar-refractivity contribution in [3.8, 4) is 11.5 Å². The summed E-state index contributed by atoms with van der Waals surface area (Å²) in [6.07, 6.45) is -1.37. The molecule has 1 aliphatic heterocycles. The number of fused-ring (bicyclic) bond motifs is 1. The van der Waals surface area contributed by atoms with E-state index in [1.165, 1.54) is 25.5 Å². The van der Waals surface area contributed by atoms with Crippen LogP contribution in [0.2, 0.25) is 0 Å². The molecule has 2 N–H and O–H groups in total. The molecule has 0 spiro atoms. The van der Waals surface area contributed by atoms with Gasteiger partial charge in [-0.1, -0.05) is 18.2 Å². The average Bonchev–Trinajstić information content (AvgIpc) is 3.21. The maximum absolute atomic E-state index is 13.4. The number of alkyl halides is 3. The topological polar surface area (TPSA) is 96.8 Å². The van der Waals surface area contributed by atoms with Crippen LogP contribution in [0.25, 0.3) is 0 Å². The number of benzene rings is 2. The Morgan fingerprint density at radius 3 is 2.73 bits per heavy atom. The summed E-state index contributed by atoms with van der Waals surface area (Å²) >= 11 is 0. The highest BCUT2D eigenvalue weighted by Gasteiger charge is 2.34. The molecule has 1 amide bonds. The van der Waals surface area contributed by atoms with Crippen molar-refractivity contribution in [2.75, 3.05) is 7.11 Å². The molecule has 0 radical (unpaired) electrons. The third kappa shape index (κ3) is 4.75. The second-order valence-electron chi connectivity index (χ2n) is 7.49. The van der Waals surface area contributed by atoms with Crippen molar-refractivity contribution in [2.45, 2.75) is 31.7 Å². The van der Waals surface area contributed by atoms with Crippen LogP contribution in [-0.2, 0) is 24.2 Å². The summed E-state index contributed by atoms with van der Waals surface area (Å²) in [5.41, 5.74) is 1.42. The van der Waals surface area contributed by atoms with Gasteiger partial charge in [-0.3, -0.25) is 9.89 Å². The number of aliphatic hydroxyl groups excluding tert-OH is 1. The number of nitrogens with one attached hydrogen (secondary N) is 1. The Balaban J connectivity index is 1.60. The first-order valence-electron chi connectivity index (χ1n) is 10.0. The van der Waals surface area contributed by atoms with Crippen LogP contribution >= 0.6 is 0 Å². The summed E-state index contributed by atoms with van der Waals surface area (Å²) in [5.74, 6) is -0.0330. The van der Waals surface area contributed by atoms with E-state index in [2.05, 4.69) is 15.2 Å². The van der Waals surface area contributed by atoms with Crippen molar-refractivity contribution < 1.29 is 32.5 Å². The number of halogens is 3. The summed E-state index contributed by atoms with van der Waals surface area (Å²) in [6, 6.07) is 8.63. The molecule has 3 aromatic rings. The van der Waals surface area contributed by atoms with Crippen LogP contribution in [0.15, 0.2) is 47.6 Å². The lowest BCUT2D eigenvalue weighted by Gasteiger charge is -2.18. The van der Waals surface area contributed by atoms with Crippen LogP contribution in [0.4, 0.5) is 13.2 Å².